The number of nitrogens with zero attached hydrogens (tertiary/aromatic N) is 1. The molecule has 0 saturated carbocycles. The Morgan fingerprint density at radius 3 is 2.11 bits per heavy atom. The maximum Gasteiger partial charge on any atom is 0.181 e. The summed E-state index contributed by atoms with van der Waals surface area (Å²) in [6, 6.07) is 21.0. The van der Waals surface area contributed by atoms with Crippen molar-refractivity contribution in [2.24, 2.45) is 4.99 Å². The Morgan fingerprint density at radius 1 is 0.895 bits per heavy atom. The van der Waals surface area contributed by atoms with E-state index >= 15 is 0 Å². The molecule has 1 aliphatic heterocycles. The second-order valence-corrected chi connectivity index (χ2v) is 4.83. The van der Waals surface area contributed by atoms with Gasteiger partial charge in [0.15, 0.2) is 5.90 Å². The summed E-state index contributed by atoms with van der Waals surface area (Å²) in [5.74, 6) is 0.772. The molecule has 2 nitrogen and oxygen atoms in total. The lowest BCUT2D eigenvalue weighted by atomic mass is 9.96. The second-order valence-electron chi connectivity index (χ2n) is 4.83. The lowest BCUT2D eigenvalue weighted by molar-refractivity contribution is 0.150. The first-order chi connectivity index (χ1) is 9.33. The van der Waals surface area contributed by atoms with Gasteiger partial charge in [0, 0.05) is 13.3 Å². The van der Waals surface area contributed by atoms with E-state index in [-0.39, 0.29) is 12.1 Å². The number of rotatable bonds is 2. The van der Waals surface area contributed by atoms with Crippen LogP contribution in [0.1, 0.15) is 36.6 Å². The van der Waals surface area contributed by atoms with Gasteiger partial charge in [-0.25, -0.2) is 4.99 Å². The minimum Gasteiger partial charge on any atom is -0.473 e. The van der Waals surface area contributed by atoms with Gasteiger partial charge in [-0.3, -0.25) is 0 Å². The molecule has 3 rings (SSSR count). The summed E-state index contributed by atoms with van der Waals surface area (Å²) < 4.78 is 5.87. The summed E-state index contributed by atoms with van der Waals surface area (Å²) in [6.45, 7) is 1.94. The van der Waals surface area contributed by atoms with Crippen molar-refractivity contribution < 1.29 is 4.74 Å². The predicted octanol–water partition coefficient (Wildman–Crippen LogP) is 4.31. The van der Waals surface area contributed by atoms with E-state index < -0.39 is 0 Å². The molecule has 0 amide bonds. The number of benzene rings is 2. The van der Waals surface area contributed by atoms with E-state index in [9.17, 15) is 0 Å². The molecular formula is C17H17NO. The SMILES string of the molecule is CC1=N[C@@H](c2ccccc2)C[C@@H](c2ccccc2)O1. The largest absolute Gasteiger partial charge is 0.473 e. The fraction of sp³-hybridized carbons (Fsp3) is 0.235. The van der Waals surface area contributed by atoms with Gasteiger partial charge in [-0.05, 0) is 11.1 Å². The highest BCUT2D eigenvalue weighted by Crippen LogP contribution is 2.35. The van der Waals surface area contributed by atoms with E-state index in [2.05, 4.69) is 53.5 Å². The van der Waals surface area contributed by atoms with E-state index in [0.29, 0.717) is 0 Å². The zero-order valence-corrected chi connectivity index (χ0v) is 11.0. The van der Waals surface area contributed by atoms with Gasteiger partial charge in [0.2, 0.25) is 0 Å². The monoisotopic (exact) mass is 251 g/mol. The van der Waals surface area contributed by atoms with Crippen molar-refractivity contribution in [3.05, 3.63) is 71.8 Å². The lowest BCUT2D eigenvalue weighted by Crippen LogP contribution is -2.18. The molecule has 2 heteroatoms. The van der Waals surface area contributed by atoms with Gasteiger partial charge >= 0.3 is 0 Å². The normalized spacial score (nSPS) is 22.5. The molecule has 96 valence electrons. The molecule has 2 aromatic carbocycles. The Morgan fingerprint density at radius 2 is 1.47 bits per heavy atom. The van der Waals surface area contributed by atoms with Crippen molar-refractivity contribution in [2.45, 2.75) is 25.5 Å². The van der Waals surface area contributed by atoms with Crippen molar-refractivity contribution >= 4 is 5.90 Å². The van der Waals surface area contributed by atoms with Crippen LogP contribution in [0.5, 0.6) is 0 Å². The maximum atomic E-state index is 5.87. The topological polar surface area (TPSA) is 21.6 Å². The van der Waals surface area contributed by atoms with E-state index in [1.54, 1.807) is 0 Å². The third-order valence-corrected chi connectivity index (χ3v) is 3.44. The Hall–Kier alpha value is -2.09. The highest BCUT2D eigenvalue weighted by atomic mass is 16.5. The Kier molecular flexibility index (Phi) is 3.32. The Bertz CT molecular complexity index is 562. The number of hydrogen-bond donors (Lipinski definition) is 0. The summed E-state index contributed by atoms with van der Waals surface area (Å²) in [7, 11) is 0. The summed E-state index contributed by atoms with van der Waals surface area (Å²) in [6.07, 6.45) is 0.995. The average Bonchev–Trinajstić information content (AvgIpc) is 2.48. The molecule has 0 fully saturated rings. The van der Waals surface area contributed by atoms with E-state index in [1.165, 1.54) is 11.1 Å². The van der Waals surface area contributed by atoms with Gasteiger partial charge in [-0.15, -0.1) is 0 Å². The highest BCUT2D eigenvalue weighted by Gasteiger charge is 2.25. The third-order valence-electron chi connectivity index (χ3n) is 3.44. The molecule has 0 bridgehead atoms. The standard InChI is InChI=1S/C17H17NO/c1-13-18-16(14-8-4-2-5-9-14)12-17(19-13)15-10-6-3-7-11-15/h2-11,16-17H,12H2,1H3/t16-,17+/m1/s1. The molecule has 0 saturated heterocycles. The number of aliphatic imine (C=N–C) groups is 1. The first-order valence-electron chi connectivity index (χ1n) is 6.64. The van der Waals surface area contributed by atoms with Crippen LogP contribution in [0.2, 0.25) is 0 Å². The van der Waals surface area contributed by atoms with Crippen LogP contribution >= 0.6 is 0 Å². The van der Waals surface area contributed by atoms with Gasteiger partial charge in [-0.2, -0.15) is 0 Å². The van der Waals surface area contributed by atoms with Crippen molar-refractivity contribution in [3.63, 3.8) is 0 Å². The van der Waals surface area contributed by atoms with Crippen LogP contribution in [0.4, 0.5) is 0 Å². The average molecular weight is 251 g/mol. The molecular weight excluding hydrogens is 234 g/mol. The predicted molar refractivity (Wildman–Crippen MR) is 77.2 cm³/mol. The van der Waals surface area contributed by atoms with Gasteiger partial charge in [0.1, 0.15) is 6.10 Å². The van der Waals surface area contributed by atoms with Crippen molar-refractivity contribution in [3.8, 4) is 0 Å². The minimum absolute atomic E-state index is 0.101. The zero-order chi connectivity index (χ0) is 13.1. The van der Waals surface area contributed by atoms with Crippen LogP contribution in [0.25, 0.3) is 0 Å². The summed E-state index contributed by atoms with van der Waals surface area (Å²) in [5.41, 5.74) is 2.48. The molecule has 1 aliphatic rings. The first-order valence-corrected chi connectivity index (χ1v) is 6.64. The van der Waals surface area contributed by atoms with Gasteiger partial charge < -0.3 is 4.74 Å². The van der Waals surface area contributed by atoms with E-state index in [1.807, 2.05) is 19.1 Å². The molecule has 1 heterocycles. The van der Waals surface area contributed by atoms with Crippen molar-refractivity contribution in [1.82, 2.24) is 0 Å². The lowest BCUT2D eigenvalue weighted by Gasteiger charge is -2.28. The summed E-state index contributed by atoms with van der Waals surface area (Å²) >= 11 is 0. The fourth-order valence-corrected chi connectivity index (χ4v) is 2.52. The van der Waals surface area contributed by atoms with Crippen LogP contribution in [0.3, 0.4) is 0 Å². The third kappa shape index (κ3) is 2.68. The number of hydrogen-bond acceptors (Lipinski definition) is 2. The summed E-state index contributed by atoms with van der Waals surface area (Å²) in [4.78, 5) is 4.62. The maximum absolute atomic E-state index is 5.87. The molecule has 19 heavy (non-hydrogen) atoms. The van der Waals surface area contributed by atoms with Gasteiger partial charge in [0.05, 0.1) is 6.04 Å². The molecule has 0 aromatic heterocycles. The zero-order valence-electron chi connectivity index (χ0n) is 11.0. The molecule has 0 aliphatic carbocycles. The molecule has 0 N–H and O–H groups in total. The highest BCUT2D eigenvalue weighted by molar-refractivity contribution is 5.74. The number of ether oxygens (including phenoxy) is 1. The fourth-order valence-electron chi connectivity index (χ4n) is 2.52. The van der Waals surface area contributed by atoms with E-state index in [0.717, 1.165) is 12.3 Å². The molecule has 0 radical (unpaired) electrons. The van der Waals surface area contributed by atoms with Crippen LogP contribution < -0.4 is 0 Å². The van der Waals surface area contributed by atoms with Crippen LogP contribution in [0.15, 0.2) is 65.7 Å². The van der Waals surface area contributed by atoms with E-state index in [4.69, 9.17) is 4.74 Å². The van der Waals surface area contributed by atoms with Crippen molar-refractivity contribution in [1.29, 1.82) is 0 Å². The molecule has 2 aromatic rings. The quantitative estimate of drug-likeness (QED) is 0.779. The molecule has 0 spiro atoms. The van der Waals surface area contributed by atoms with Gasteiger partial charge in [-0.1, -0.05) is 60.7 Å². The first kappa shape index (κ1) is 12.0. The Labute approximate surface area is 113 Å². The van der Waals surface area contributed by atoms with Crippen LogP contribution in [0, 0.1) is 0 Å². The second kappa shape index (κ2) is 5.27. The summed E-state index contributed by atoms with van der Waals surface area (Å²) in [5, 5.41) is 0. The van der Waals surface area contributed by atoms with Crippen LogP contribution in [-0.2, 0) is 4.74 Å². The molecule has 0 unspecified atom stereocenters. The smallest absolute Gasteiger partial charge is 0.181 e. The van der Waals surface area contributed by atoms with Crippen LogP contribution in [-0.4, -0.2) is 5.90 Å². The van der Waals surface area contributed by atoms with Gasteiger partial charge in [0.25, 0.3) is 0 Å². The van der Waals surface area contributed by atoms with Crippen molar-refractivity contribution in [2.75, 3.05) is 0 Å². The minimum atomic E-state index is 0.101. The molecule has 2 atom stereocenters. The Balaban J connectivity index is 1.87.